The molecule has 4 heteroatoms. The molecular formula is C9H11ClO3. The molecule has 0 spiro atoms. The highest BCUT2D eigenvalue weighted by molar-refractivity contribution is 5.92. The van der Waals surface area contributed by atoms with Gasteiger partial charge in [0, 0.05) is 0 Å². The molecule has 0 heterocycles. The van der Waals surface area contributed by atoms with Crippen LogP contribution in [0.5, 0.6) is 5.75 Å². The summed E-state index contributed by atoms with van der Waals surface area (Å²) < 4.78 is 4.71. The quantitative estimate of drug-likeness (QED) is 0.747. The molecule has 0 fully saturated rings. The Bertz CT molecular complexity index is 286. The van der Waals surface area contributed by atoms with Crippen LogP contribution in [0.4, 0.5) is 0 Å². The van der Waals surface area contributed by atoms with Gasteiger partial charge < -0.3 is 9.84 Å². The van der Waals surface area contributed by atoms with Crippen LogP contribution in [0.15, 0.2) is 24.3 Å². The smallest absolute Gasteiger partial charge is 0.341 e. The summed E-state index contributed by atoms with van der Waals surface area (Å²) in [6.45, 7) is 2.03. The van der Waals surface area contributed by atoms with E-state index in [1.54, 1.807) is 19.1 Å². The van der Waals surface area contributed by atoms with Gasteiger partial charge in [0.1, 0.15) is 11.3 Å². The summed E-state index contributed by atoms with van der Waals surface area (Å²) in [5.74, 6) is -0.536. The minimum Gasteiger partial charge on any atom is -0.507 e. The summed E-state index contributed by atoms with van der Waals surface area (Å²) in [6, 6.07) is 6.30. The van der Waals surface area contributed by atoms with Crippen LogP contribution in [-0.2, 0) is 4.74 Å². The first-order valence-electron chi connectivity index (χ1n) is 3.70. The number of hydrogen-bond donors (Lipinski definition) is 1. The van der Waals surface area contributed by atoms with Gasteiger partial charge in [0.2, 0.25) is 0 Å². The molecule has 72 valence electrons. The number of carbonyl (C=O) groups excluding carboxylic acids is 1. The molecule has 3 nitrogen and oxygen atoms in total. The predicted octanol–water partition coefficient (Wildman–Crippen LogP) is 1.99. The molecule has 0 aliphatic rings. The van der Waals surface area contributed by atoms with Gasteiger partial charge >= 0.3 is 5.97 Å². The lowest BCUT2D eigenvalue weighted by Gasteiger charge is -2.02. The number of benzene rings is 1. The molecule has 0 atom stereocenters. The molecule has 0 saturated heterocycles. The van der Waals surface area contributed by atoms with Crippen LogP contribution in [0.1, 0.15) is 17.3 Å². The molecule has 1 N–H and O–H groups in total. The molecule has 0 saturated carbocycles. The highest BCUT2D eigenvalue weighted by Gasteiger charge is 2.09. The number of phenols is 1. The van der Waals surface area contributed by atoms with Gasteiger partial charge in [-0.05, 0) is 19.1 Å². The third-order valence-corrected chi connectivity index (χ3v) is 1.40. The standard InChI is InChI=1S/C9H10O3.ClH/c1-2-12-9(11)7-5-3-4-6-8(7)10;/h3-6,10H,2H2,1H3;1H. The van der Waals surface area contributed by atoms with Gasteiger partial charge in [-0.15, -0.1) is 12.4 Å². The highest BCUT2D eigenvalue weighted by atomic mass is 35.5. The Morgan fingerprint density at radius 3 is 2.62 bits per heavy atom. The largest absolute Gasteiger partial charge is 0.507 e. The van der Waals surface area contributed by atoms with E-state index in [2.05, 4.69) is 0 Å². The average Bonchev–Trinajstić information content (AvgIpc) is 2.05. The number of rotatable bonds is 2. The highest BCUT2D eigenvalue weighted by Crippen LogP contribution is 2.16. The maximum atomic E-state index is 11.1. The number of esters is 1. The fraction of sp³-hybridized carbons (Fsp3) is 0.222. The topological polar surface area (TPSA) is 46.5 Å². The predicted molar refractivity (Wildman–Crippen MR) is 51.3 cm³/mol. The van der Waals surface area contributed by atoms with Crippen molar-refractivity contribution >= 4 is 18.4 Å². The summed E-state index contributed by atoms with van der Waals surface area (Å²) in [5.41, 5.74) is 0.208. The summed E-state index contributed by atoms with van der Waals surface area (Å²) in [6.07, 6.45) is 0. The summed E-state index contributed by atoms with van der Waals surface area (Å²) in [4.78, 5) is 11.1. The third kappa shape index (κ3) is 2.95. The van der Waals surface area contributed by atoms with Crippen molar-refractivity contribution in [2.45, 2.75) is 6.92 Å². The van der Waals surface area contributed by atoms with Crippen LogP contribution in [-0.4, -0.2) is 17.7 Å². The van der Waals surface area contributed by atoms with Crippen molar-refractivity contribution in [3.63, 3.8) is 0 Å². The first-order chi connectivity index (χ1) is 5.75. The van der Waals surface area contributed by atoms with Gasteiger partial charge in [-0.3, -0.25) is 0 Å². The van der Waals surface area contributed by atoms with Gasteiger partial charge in [0.15, 0.2) is 0 Å². The number of ether oxygens (including phenoxy) is 1. The Morgan fingerprint density at radius 2 is 2.08 bits per heavy atom. The van der Waals surface area contributed by atoms with Gasteiger partial charge in [0.05, 0.1) is 6.61 Å². The van der Waals surface area contributed by atoms with Crippen molar-refractivity contribution in [2.24, 2.45) is 0 Å². The van der Waals surface area contributed by atoms with Gasteiger partial charge in [-0.25, -0.2) is 4.79 Å². The molecule has 0 aromatic heterocycles. The van der Waals surface area contributed by atoms with E-state index in [0.29, 0.717) is 6.61 Å². The Labute approximate surface area is 82.7 Å². The SMILES string of the molecule is CCOC(=O)c1ccccc1O.Cl. The fourth-order valence-electron chi connectivity index (χ4n) is 0.855. The molecule has 0 aliphatic carbocycles. The van der Waals surface area contributed by atoms with E-state index in [-0.39, 0.29) is 23.7 Å². The van der Waals surface area contributed by atoms with Crippen molar-refractivity contribution in [2.75, 3.05) is 6.61 Å². The first kappa shape index (κ1) is 11.8. The zero-order chi connectivity index (χ0) is 8.97. The lowest BCUT2D eigenvalue weighted by Crippen LogP contribution is -2.04. The molecule has 0 amide bonds. The van der Waals surface area contributed by atoms with Crippen molar-refractivity contribution in [3.8, 4) is 5.75 Å². The molecule has 1 rings (SSSR count). The monoisotopic (exact) mass is 202 g/mol. The summed E-state index contributed by atoms with van der Waals surface area (Å²) in [7, 11) is 0. The number of hydrogen-bond acceptors (Lipinski definition) is 3. The Balaban J connectivity index is 0.00000144. The maximum absolute atomic E-state index is 11.1. The van der Waals surface area contributed by atoms with E-state index < -0.39 is 5.97 Å². The molecule has 0 unspecified atom stereocenters. The Hall–Kier alpha value is -1.22. The van der Waals surface area contributed by atoms with Crippen molar-refractivity contribution in [1.29, 1.82) is 0 Å². The second-order valence-electron chi connectivity index (χ2n) is 2.24. The maximum Gasteiger partial charge on any atom is 0.341 e. The van der Waals surface area contributed by atoms with Crippen LogP contribution < -0.4 is 0 Å². The zero-order valence-corrected chi connectivity index (χ0v) is 8.00. The molecule has 1 aromatic rings. The van der Waals surface area contributed by atoms with Crippen LogP contribution >= 0.6 is 12.4 Å². The van der Waals surface area contributed by atoms with E-state index in [0.717, 1.165) is 0 Å². The average molecular weight is 203 g/mol. The van der Waals surface area contributed by atoms with E-state index in [4.69, 9.17) is 4.74 Å². The Morgan fingerprint density at radius 1 is 1.46 bits per heavy atom. The molecule has 0 aliphatic heterocycles. The third-order valence-electron chi connectivity index (χ3n) is 1.40. The van der Waals surface area contributed by atoms with Crippen LogP contribution in [0, 0.1) is 0 Å². The second-order valence-corrected chi connectivity index (χ2v) is 2.24. The van der Waals surface area contributed by atoms with Crippen LogP contribution in [0.2, 0.25) is 0 Å². The molecule has 0 bridgehead atoms. The lowest BCUT2D eigenvalue weighted by atomic mass is 10.2. The molecular weight excluding hydrogens is 192 g/mol. The van der Waals surface area contributed by atoms with E-state index >= 15 is 0 Å². The number of halogens is 1. The first-order valence-corrected chi connectivity index (χ1v) is 3.70. The van der Waals surface area contributed by atoms with E-state index in [9.17, 15) is 9.90 Å². The Kier molecular flexibility index (Phi) is 4.92. The minimum absolute atomic E-state index is 0. The van der Waals surface area contributed by atoms with Gasteiger partial charge in [-0.1, -0.05) is 12.1 Å². The summed E-state index contributed by atoms with van der Waals surface area (Å²) >= 11 is 0. The van der Waals surface area contributed by atoms with Crippen molar-refractivity contribution < 1.29 is 14.6 Å². The van der Waals surface area contributed by atoms with E-state index in [1.807, 2.05) is 0 Å². The second kappa shape index (κ2) is 5.43. The zero-order valence-electron chi connectivity index (χ0n) is 7.19. The number of aromatic hydroxyl groups is 1. The summed E-state index contributed by atoms with van der Waals surface area (Å²) in [5, 5.41) is 9.21. The van der Waals surface area contributed by atoms with Crippen molar-refractivity contribution in [3.05, 3.63) is 29.8 Å². The van der Waals surface area contributed by atoms with Crippen molar-refractivity contribution in [1.82, 2.24) is 0 Å². The number of phenolic OH excluding ortho intramolecular Hbond substituents is 1. The van der Waals surface area contributed by atoms with Crippen LogP contribution in [0.3, 0.4) is 0 Å². The molecule has 0 radical (unpaired) electrons. The number of carbonyl (C=O) groups is 1. The normalized spacial score (nSPS) is 8.69. The molecule has 13 heavy (non-hydrogen) atoms. The molecule has 1 aromatic carbocycles. The van der Waals surface area contributed by atoms with Gasteiger partial charge in [-0.2, -0.15) is 0 Å². The fourth-order valence-corrected chi connectivity index (χ4v) is 0.855. The van der Waals surface area contributed by atoms with Gasteiger partial charge in [0.25, 0.3) is 0 Å². The number of para-hydroxylation sites is 1. The minimum atomic E-state index is -0.490. The van der Waals surface area contributed by atoms with Crippen LogP contribution in [0.25, 0.3) is 0 Å². The lowest BCUT2D eigenvalue weighted by molar-refractivity contribution is 0.0523. The van der Waals surface area contributed by atoms with E-state index in [1.165, 1.54) is 12.1 Å².